The van der Waals surface area contributed by atoms with E-state index >= 15 is 0 Å². The van der Waals surface area contributed by atoms with Crippen molar-refractivity contribution < 1.29 is 14.7 Å². The van der Waals surface area contributed by atoms with Crippen LogP contribution in [0.4, 0.5) is 0 Å². The van der Waals surface area contributed by atoms with Crippen molar-refractivity contribution in [2.45, 2.75) is 25.3 Å². The number of rotatable bonds is 4. The van der Waals surface area contributed by atoms with Crippen LogP contribution in [0, 0.1) is 0 Å². The number of hydrogen-bond donors (Lipinski definition) is 2. The predicted molar refractivity (Wildman–Crippen MR) is 76.0 cm³/mol. The number of likely N-dealkylation sites (N-methyl/N-ethyl adjacent to an activating group) is 1. The predicted octanol–water partition coefficient (Wildman–Crippen LogP) is 1.60. The van der Waals surface area contributed by atoms with Crippen molar-refractivity contribution in [2.75, 3.05) is 20.1 Å². The zero-order chi connectivity index (χ0) is 14.5. The molecule has 1 unspecified atom stereocenters. The van der Waals surface area contributed by atoms with Crippen molar-refractivity contribution in [1.29, 1.82) is 0 Å². The highest BCUT2D eigenvalue weighted by Gasteiger charge is 2.19. The third-order valence-corrected chi connectivity index (χ3v) is 3.79. The number of carbonyl (C=O) groups excluding carboxylic acids is 1. The van der Waals surface area contributed by atoms with E-state index in [2.05, 4.69) is 17.3 Å². The standard InChI is InChI=1S/C15H20N2O3/c1-17-8-3-2-7-13(17)10-16-14(18)11-5-4-6-12(9-11)15(19)20/h4-6,9,13H,2-3,7-8,10H2,1H3,(H,16,18)(H,19,20). The number of nitrogens with zero attached hydrogens (tertiary/aromatic N) is 1. The van der Waals surface area contributed by atoms with Crippen LogP contribution in [0.1, 0.15) is 40.0 Å². The molecule has 0 saturated carbocycles. The van der Waals surface area contributed by atoms with Crippen LogP contribution in [0.25, 0.3) is 0 Å². The quantitative estimate of drug-likeness (QED) is 0.876. The molecule has 0 radical (unpaired) electrons. The number of hydrogen-bond acceptors (Lipinski definition) is 3. The van der Waals surface area contributed by atoms with Gasteiger partial charge in [0.1, 0.15) is 0 Å². The molecule has 1 heterocycles. The highest BCUT2D eigenvalue weighted by atomic mass is 16.4. The van der Waals surface area contributed by atoms with Crippen LogP contribution in [0.3, 0.4) is 0 Å². The van der Waals surface area contributed by atoms with E-state index in [-0.39, 0.29) is 11.5 Å². The summed E-state index contributed by atoms with van der Waals surface area (Å²) >= 11 is 0. The van der Waals surface area contributed by atoms with Crippen LogP contribution in [0.15, 0.2) is 24.3 Å². The van der Waals surface area contributed by atoms with Crippen molar-refractivity contribution in [3.63, 3.8) is 0 Å². The molecule has 1 amide bonds. The number of carboxylic acid groups (broad SMARTS) is 1. The average Bonchev–Trinajstić information content (AvgIpc) is 2.46. The third-order valence-electron chi connectivity index (χ3n) is 3.79. The van der Waals surface area contributed by atoms with E-state index in [4.69, 9.17) is 5.11 Å². The summed E-state index contributed by atoms with van der Waals surface area (Å²) in [6.07, 6.45) is 3.49. The molecule has 5 nitrogen and oxygen atoms in total. The van der Waals surface area contributed by atoms with Crippen LogP contribution in [-0.4, -0.2) is 48.1 Å². The van der Waals surface area contributed by atoms with Gasteiger partial charge in [-0.2, -0.15) is 0 Å². The van der Waals surface area contributed by atoms with Gasteiger partial charge in [0.25, 0.3) is 5.91 Å². The number of amides is 1. The molecule has 1 saturated heterocycles. The largest absolute Gasteiger partial charge is 0.478 e. The summed E-state index contributed by atoms with van der Waals surface area (Å²) in [5, 5.41) is 11.8. The Morgan fingerprint density at radius 3 is 2.80 bits per heavy atom. The van der Waals surface area contributed by atoms with E-state index < -0.39 is 5.97 Å². The highest BCUT2D eigenvalue weighted by Crippen LogP contribution is 2.14. The van der Waals surface area contributed by atoms with E-state index in [1.54, 1.807) is 12.1 Å². The number of piperidine rings is 1. The van der Waals surface area contributed by atoms with Crippen LogP contribution < -0.4 is 5.32 Å². The summed E-state index contributed by atoms with van der Waals surface area (Å²) in [5.74, 6) is -1.24. The number of carboxylic acids is 1. The van der Waals surface area contributed by atoms with Gasteiger partial charge in [-0.05, 0) is 44.6 Å². The van der Waals surface area contributed by atoms with Gasteiger partial charge in [0.05, 0.1) is 5.56 Å². The van der Waals surface area contributed by atoms with Gasteiger partial charge in [-0.1, -0.05) is 12.5 Å². The van der Waals surface area contributed by atoms with E-state index in [1.165, 1.54) is 25.0 Å². The van der Waals surface area contributed by atoms with Crippen LogP contribution >= 0.6 is 0 Å². The van der Waals surface area contributed by atoms with E-state index in [1.807, 2.05) is 0 Å². The monoisotopic (exact) mass is 276 g/mol. The Bertz CT molecular complexity index is 502. The molecular formula is C15H20N2O3. The molecule has 108 valence electrons. The molecule has 2 N–H and O–H groups in total. The normalized spacial score (nSPS) is 19.6. The van der Waals surface area contributed by atoms with E-state index in [0.29, 0.717) is 18.2 Å². The summed E-state index contributed by atoms with van der Waals surface area (Å²) < 4.78 is 0. The highest BCUT2D eigenvalue weighted by molar-refractivity contribution is 5.97. The van der Waals surface area contributed by atoms with Gasteiger partial charge in [-0.25, -0.2) is 4.79 Å². The fraction of sp³-hybridized carbons (Fsp3) is 0.467. The fourth-order valence-electron chi connectivity index (χ4n) is 2.51. The van der Waals surface area contributed by atoms with Crippen molar-refractivity contribution in [3.05, 3.63) is 35.4 Å². The summed E-state index contributed by atoms with van der Waals surface area (Å²) in [4.78, 5) is 25.2. The van der Waals surface area contributed by atoms with Gasteiger partial charge in [0.15, 0.2) is 0 Å². The van der Waals surface area contributed by atoms with Crippen LogP contribution in [0.2, 0.25) is 0 Å². The zero-order valence-corrected chi connectivity index (χ0v) is 11.6. The molecule has 0 aliphatic carbocycles. The van der Waals surface area contributed by atoms with Gasteiger partial charge in [0, 0.05) is 18.2 Å². The lowest BCUT2D eigenvalue weighted by Gasteiger charge is -2.32. The van der Waals surface area contributed by atoms with Crippen molar-refractivity contribution in [1.82, 2.24) is 10.2 Å². The summed E-state index contributed by atoms with van der Waals surface area (Å²) in [6.45, 7) is 1.67. The Morgan fingerprint density at radius 2 is 2.10 bits per heavy atom. The second kappa shape index (κ2) is 6.52. The first-order chi connectivity index (χ1) is 9.58. The molecule has 0 aromatic heterocycles. The number of aromatic carboxylic acids is 1. The van der Waals surface area contributed by atoms with Crippen molar-refractivity contribution >= 4 is 11.9 Å². The molecule has 1 aromatic carbocycles. The Hall–Kier alpha value is -1.88. The summed E-state index contributed by atoms with van der Waals surface area (Å²) in [6, 6.07) is 6.48. The lowest BCUT2D eigenvalue weighted by Crippen LogP contribution is -2.44. The summed E-state index contributed by atoms with van der Waals surface area (Å²) in [5.41, 5.74) is 0.524. The molecule has 1 fully saturated rings. The van der Waals surface area contributed by atoms with Gasteiger partial charge >= 0.3 is 5.97 Å². The molecule has 2 rings (SSSR count). The maximum Gasteiger partial charge on any atom is 0.335 e. The van der Waals surface area contributed by atoms with E-state index in [9.17, 15) is 9.59 Å². The molecule has 1 aliphatic heterocycles. The zero-order valence-electron chi connectivity index (χ0n) is 11.6. The SMILES string of the molecule is CN1CCCCC1CNC(=O)c1cccc(C(=O)O)c1. The molecule has 1 aliphatic rings. The smallest absolute Gasteiger partial charge is 0.335 e. The molecule has 5 heteroatoms. The molecule has 0 bridgehead atoms. The fourth-order valence-corrected chi connectivity index (χ4v) is 2.51. The van der Waals surface area contributed by atoms with Crippen molar-refractivity contribution in [3.8, 4) is 0 Å². The molecule has 0 spiro atoms. The average molecular weight is 276 g/mol. The first kappa shape index (κ1) is 14.5. The maximum atomic E-state index is 12.0. The minimum Gasteiger partial charge on any atom is -0.478 e. The van der Waals surface area contributed by atoms with Gasteiger partial charge in [-0.3, -0.25) is 4.79 Å². The van der Waals surface area contributed by atoms with Crippen molar-refractivity contribution in [2.24, 2.45) is 0 Å². The van der Waals surface area contributed by atoms with E-state index in [0.717, 1.165) is 13.0 Å². The Kier molecular flexibility index (Phi) is 4.74. The van der Waals surface area contributed by atoms with Crippen LogP contribution in [-0.2, 0) is 0 Å². The number of benzene rings is 1. The third kappa shape index (κ3) is 3.57. The summed E-state index contributed by atoms with van der Waals surface area (Å²) in [7, 11) is 2.07. The van der Waals surface area contributed by atoms with Crippen LogP contribution in [0.5, 0.6) is 0 Å². The number of likely N-dealkylation sites (tertiary alicyclic amines) is 1. The lowest BCUT2D eigenvalue weighted by molar-refractivity contribution is 0.0697. The molecular weight excluding hydrogens is 256 g/mol. The Labute approximate surface area is 118 Å². The molecule has 20 heavy (non-hydrogen) atoms. The molecule has 1 atom stereocenters. The van der Waals surface area contributed by atoms with Gasteiger partial charge in [0.2, 0.25) is 0 Å². The molecule has 1 aromatic rings. The second-order valence-electron chi connectivity index (χ2n) is 5.23. The lowest BCUT2D eigenvalue weighted by atomic mass is 10.0. The minimum atomic E-state index is -1.02. The Morgan fingerprint density at radius 1 is 1.35 bits per heavy atom. The Balaban J connectivity index is 1.94. The maximum absolute atomic E-state index is 12.0. The topological polar surface area (TPSA) is 69.6 Å². The first-order valence-electron chi connectivity index (χ1n) is 6.89. The van der Waals surface area contributed by atoms with Gasteiger partial charge < -0.3 is 15.3 Å². The first-order valence-corrected chi connectivity index (χ1v) is 6.89. The minimum absolute atomic E-state index is 0.132. The number of nitrogens with one attached hydrogen (secondary N) is 1. The van der Waals surface area contributed by atoms with Gasteiger partial charge in [-0.15, -0.1) is 0 Å². The number of carbonyl (C=O) groups is 2. The second-order valence-corrected chi connectivity index (χ2v) is 5.23.